The fourth-order valence-electron chi connectivity index (χ4n) is 8.22. The molecule has 0 radical (unpaired) electrons. The number of nitrogens with one attached hydrogen (secondary N) is 2. The van der Waals surface area contributed by atoms with Gasteiger partial charge in [0.05, 0.1) is 28.8 Å². The molecule has 18 nitrogen and oxygen atoms in total. The summed E-state index contributed by atoms with van der Waals surface area (Å²) in [5.41, 5.74) is 9.73. The second kappa shape index (κ2) is 16.6. The molecule has 9 rings (SSSR count). The zero-order valence-corrected chi connectivity index (χ0v) is 33.1. The van der Waals surface area contributed by atoms with Crippen molar-refractivity contribution in [2.45, 2.75) is 63.6 Å². The van der Waals surface area contributed by atoms with E-state index in [0.29, 0.717) is 60.2 Å². The number of carbonyl (C=O) groups is 5. The molecule has 5 amide bonds. The van der Waals surface area contributed by atoms with Gasteiger partial charge < -0.3 is 20.7 Å². The van der Waals surface area contributed by atoms with Crippen LogP contribution in [0, 0.1) is 0 Å². The molecule has 1 unspecified atom stereocenters. The van der Waals surface area contributed by atoms with E-state index >= 15 is 0 Å². The standard InChI is InChI=1S/C43H42N12O6/c44-38-36-37(26-14-16-29(17-15-26)61-28-10-3-1-4-11-28)50-55(39(36)47-25-46-38)27-9-8-21-52(23-27)42(59)32-24-53(51-49-32)22-6-2-5-20-45-31-13-7-12-30-35(31)43(60)54(41(30)58)33-18-19-34(56)48-40(33)57/h1,3-4,7,10-17,24-25,27,33,45H,2,5-6,8-9,18-23H2,(H2,44,46,47)(H,48,56,57)/t27-,33?/m1/s1. The van der Waals surface area contributed by atoms with E-state index in [0.717, 1.165) is 48.3 Å². The molecule has 3 aliphatic heterocycles. The maximum Gasteiger partial charge on any atom is 0.276 e. The molecule has 6 aromatic rings. The Bertz CT molecular complexity index is 2660. The number of aromatic nitrogens is 7. The van der Waals surface area contributed by atoms with Crippen LogP contribution in [0.3, 0.4) is 0 Å². The fraction of sp³-hybridized carbons (Fsp3) is 0.302. The lowest BCUT2D eigenvalue weighted by molar-refractivity contribution is -0.136. The Kier molecular flexibility index (Phi) is 10.6. The van der Waals surface area contributed by atoms with Crippen LogP contribution in [0.5, 0.6) is 11.5 Å². The Morgan fingerprint density at radius 3 is 2.54 bits per heavy atom. The summed E-state index contributed by atoms with van der Waals surface area (Å²) >= 11 is 0. The van der Waals surface area contributed by atoms with Gasteiger partial charge in [-0.15, -0.1) is 5.10 Å². The van der Waals surface area contributed by atoms with Gasteiger partial charge in [-0.2, -0.15) is 5.10 Å². The number of amides is 5. The molecule has 2 atom stereocenters. The third kappa shape index (κ3) is 7.74. The number of benzene rings is 3. The molecule has 3 aliphatic rings. The number of fused-ring (bicyclic) bond motifs is 2. The van der Waals surface area contributed by atoms with Gasteiger partial charge in [-0.1, -0.05) is 29.5 Å². The number of unbranched alkanes of at least 4 members (excludes halogenated alkanes) is 2. The molecule has 2 fully saturated rings. The molecular formula is C43H42N12O6. The van der Waals surface area contributed by atoms with Crippen LogP contribution in [0.25, 0.3) is 22.3 Å². The van der Waals surface area contributed by atoms with Gasteiger partial charge in [0.15, 0.2) is 11.3 Å². The largest absolute Gasteiger partial charge is 0.457 e. The van der Waals surface area contributed by atoms with E-state index < -0.39 is 29.7 Å². The van der Waals surface area contributed by atoms with Crippen molar-refractivity contribution in [3.63, 3.8) is 0 Å². The van der Waals surface area contributed by atoms with Gasteiger partial charge >= 0.3 is 0 Å². The highest BCUT2D eigenvalue weighted by molar-refractivity contribution is 6.25. The van der Waals surface area contributed by atoms with Crippen LogP contribution in [-0.4, -0.2) is 99.8 Å². The summed E-state index contributed by atoms with van der Waals surface area (Å²) in [7, 11) is 0. The summed E-state index contributed by atoms with van der Waals surface area (Å²) in [4.78, 5) is 75.9. The van der Waals surface area contributed by atoms with Crippen LogP contribution >= 0.6 is 0 Å². The first-order valence-corrected chi connectivity index (χ1v) is 20.3. The molecule has 2 saturated heterocycles. The molecule has 0 bridgehead atoms. The highest BCUT2D eigenvalue weighted by Gasteiger charge is 2.45. The van der Waals surface area contributed by atoms with Crippen molar-refractivity contribution in [2.24, 2.45) is 0 Å². The molecule has 3 aromatic heterocycles. The third-order valence-electron chi connectivity index (χ3n) is 11.3. The highest BCUT2D eigenvalue weighted by Crippen LogP contribution is 2.36. The number of aryl methyl sites for hydroxylation is 1. The van der Waals surface area contributed by atoms with E-state index in [2.05, 4.69) is 30.9 Å². The number of para-hydroxylation sites is 1. The van der Waals surface area contributed by atoms with E-state index in [1.807, 2.05) is 59.3 Å². The summed E-state index contributed by atoms with van der Waals surface area (Å²) in [6.45, 7) is 2.07. The van der Waals surface area contributed by atoms with Gasteiger partial charge in [0, 0.05) is 43.9 Å². The molecule has 310 valence electrons. The van der Waals surface area contributed by atoms with Crippen LogP contribution in [0.4, 0.5) is 11.5 Å². The van der Waals surface area contributed by atoms with Gasteiger partial charge in [-0.05, 0) is 87.1 Å². The normalized spacial score (nSPS) is 17.8. The fourth-order valence-corrected chi connectivity index (χ4v) is 8.22. The molecule has 61 heavy (non-hydrogen) atoms. The number of nitrogens with zero attached hydrogens (tertiary/aromatic N) is 9. The minimum atomic E-state index is -1.02. The van der Waals surface area contributed by atoms with Crippen LogP contribution < -0.4 is 21.1 Å². The first-order valence-electron chi connectivity index (χ1n) is 20.3. The van der Waals surface area contributed by atoms with Crippen LogP contribution in [-0.2, 0) is 16.1 Å². The van der Waals surface area contributed by atoms with E-state index in [4.69, 9.17) is 15.6 Å². The predicted octanol–water partition coefficient (Wildman–Crippen LogP) is 4.62. The lowest BCUT2D eigenvalue weighted by atomic mass is 10.0. The molecular weight excluding hydrogens is 781 g/mol. The van der Waals surface area contributed by atoms with Crippen molar-refractivity contribution in [3.05, 3.63) is 102 Å². The van der Waals surface area contributed by atoms with Crippen molar-refractivity contribution in [3.8, 4) is 22.8 Å². The first-order chi connectivity index (χ1) is 29.7. The number of hydrogen-bond donors (Lipinski definition) is 3. The summed E-state index contributed by atoms with van der Waals surface area (Å²) < 4.78 is 9.51. The van der Waals surface area contributed by atoms with Gasteiger partial charge in [0.2, 0.25) is 11.8 Å². The number of nitrogen functional groups attached to an aromatic ring is 1. The predicted molar refractivity (Wildman–Crippen MR) is 221 cm³/mol. The number of imide groups is 2. The molecule has 4 N–H and O–H groups in total. The maximum absolute atomic E-state index is 13.7. The van der Waals surface area contributed by atoms with Crippen LogP contribution in [0.1, 0.15) is 82.2 Å². The monoisotopic (exact) mass is 822 g/mol. The van der Waals surface area contributed by atoms with Crippen LogP contribution in [0.2, 0.25) is 0 Å². The smallest absolute Gasteiger partial charge is 0.276 e. The molecule has 0 spiro atoms. The quantitative estimate of drug-likeness (QED) is 0.107. The summed E-state index contributed by atoms with van der Waals surface area (Å²) in [5, 5.41) is 19.6. The van der Waals surface area contributed by atoms with Crippen molar-refractivity contribution >= 4 is 52.1 Å². The van der Waals surface area contributed by atoms with Gasteiger partial charge in [-0.25, -0.2) is 14.6 Å². The minimum absolute atomic E-state index is 0.0587. The zero-order chi connectivity index (χ0) is 42.0. The van der Waals surface area contributed by atoms with Crippen molar-refractivity contribution in [1.29, 1.82) is 0 Å². The first kappa shape index (κ1) is 39.0. The minimum Gasteiger partial charge on any atom is -0.457 e. The van der Waals surface area contributed by atoms with Crippen molar-refractivity contribution < 1.29 is 28.7 Å². The number of nitrogens with two attached hydrogens (primary N) is 1. The number of piperidine rings is 2. The second-order valence-corrected chi connectivity index (χ2v) is 15.3. The van der Waals surface area contributed by atoms with E-state index in [1.54, 1.807) is 34.0 Å². The molecule has 3 aromatic carbocycles. The van der Waals surface area contributed by atoms with Crippen LogP contribution in [0.15, 0.2) is 85.3 Å². The second-order valence-electron chi connectivity index (χ2n) is 15.3. The number of hydrogen-bond acceptors (Lipinski definition) is 13. The number of carbonyl (C=O) groups excluding carboxylic acids is 5. The lowest BCUT2D eigenvalue weighted by Crippen LogP contribution is -2.54. The lowest BCUT2D eigenvalue weighted by Gasteiger charge is -2.32. The van der Waals surface area contributed by atoms with Crippen molar-refractivity contribution in [1.82, 2.24) is 49.9 Å². The zero-order valence-electron chi connectivity index (χ0n) is 33.1. The topological polar surface area (TPSA) is 225 Å². The Morgan fingerprint density at radius 1 is 0.902 bits per heavy atom. The average Bonchev–Trinajstić information content (AvgIpc) is 3.98. The molecule has 6 heterocycles. The number of anilines is 2. The molecule has 0 saturated carbocycles. The summed E-state index contributed by atoms with van der Waals surface area (Å²) in [6.07, 6.45) is 7.14. The summed E-state index contributed by atoms with van der Waals surface area (Å²) in [6, 6.07) is 21.0. The Labute approximate surface area is 349 Å². The van der Waals surface area contributed by atoms with Gasteiger partial charge in [-0.3, -0.25) is 38.9 Å². The molecule has 18 heteroatoms. The van der Waals surface area contributed by atoms with E-state index in [9.17, 15) is 24.0 Å². The van der Waals surface area contributed by atoms with Crippen molar-refractivity contribution in [2.75, 3.05) is 30.7 Å². The van der Waals surface area contributed by atoms with Gasteiger partial charge in [0.1, 0.15) is 35.4 Å². The Morgan fingerprint density at radius 2 is 1.72 bits per heavy atom. The summed E-state index contributed by atoms with van der Waals surface area (Å²) in [5.74, 6) is -0.624. The third-order valence-corrected chi connectivity index (χ3v) is 11.3. The van der Waals surface area contributed by atoms with E-state index in [-0.39, 0.29) is 41.6 Å². The Balaban J connectivity index is 0.787. The molecule has 0 aliphatic carbocycles. The number of likely N-dealkylation sites (tertiary alicyclic amines) is 1. The number of ether oxygens (including phenoxy) is 1. The highest BCUT2D eigenvalue weighted by atomic mass is 16.5. The SMILES string of the molecule is Nc1ncnc2c1c(-c1ccc(Oc3ccccc3)cc1)nn2[C@@H]1CCCN(C(=O)c2cn(CCCCCNc3cccc4c3C(=O)N(C3CCC(=O)NC3=O)C4=O)nn2)C1. The van der Waals surface area contributed by atoms with E-state index in [1.165, 1.54) is 6.33 Å². The maximum atomic E-state index is 13.7. The average molecular weight is 823 g/mol. The number of rotatable bonds is 13. The Hall–Kier alpha value is -7.50. The van der Waals surface area contributed by atoms with Gasteiger partial charge in [0.25, 0.3) is 17.7 Å².